The van der Waals surface area contributed by atoms with Crippen molar-refractivity contribution >= 4 is 16.3 Å². The van der Waals surface area contributed by atoms with Gasteiger partial charge in [0.2, 0.25) is 0 Å². The van der Waals surface area contributed by atoms with Crippen LogP contribution in [0.1, 0.15) is 6.42 Å². The normalized spacial score (nSPS) is 36.8. The first kappa shape index (κ1) is 9.19. The van der Waals surface area contributed by atoms with Crippen molar-refractivity contribution in [2.24, 2.45) is 0 Å². The van der Waals surface area contributed by atoms with Gasteiger partial charge in [0.25, 0.3) is 0 Å². The lowest BCUT2D eigenvalue weighted by atomic mass is 10.5. The second-order valence-electron chi connectivity index (χ2n) is 2.12. The standard InChI is InChI=1S/C4H9O5PS/c1-8-10(5)4-2-3-9-11(10,6)7/h2-4H2,1H3. The van der Waals surface area contributed by atoms with Crippen molar-refractivity contribution in [3.63, 3.8) is 0 Å². The Kier molecular flexibility index (Phi) is 2.39. The third-order valence-corrected chi connectivity index (χ3v) is 7.35. The lowest BCUT2D eigenvalue weighted by Gasteiger charge is -2.19. The van der Waals surface area contributed by atoms with E-state index in [0.717, 1.165) is 7.11 Å². The molecule has 0 radical (unpaired) electrons. The van der Waals surface area contributed by atoms with Crippen molar-refractivity contribution in [3.05, 3.63) is 0 Å². The lowest BCUT2D eigenvalue weighted by Crippen LogP contribution is -2.17. The van der Waals surface area contributed by atoms with Crippen LogP contribution < -0.4 is 0 Å². The molecular formula is C4H9O5PS. The van der Waals surface area contributed by atoms with E-state index in [4.69, 9.17) is 0 Å². The van der Waals surface area contributed by atoms with Gasteiger partial charge >= 0.3 is 16.3 Å². The number of rotatable bonds is 1. The second kappa shape index (κ2) is 2.86. The van der Waals surface area contributed by atoms with E-state index in [1.54, 1.807) is 0 Å². The Labute approximate surface area is 65.0 Å². The summed E-state index contributed by atoms with van der Waals surface area (Å²) in [5.41, 5.74) is 0. The van der Waals surface area contributed by atoms with E-state index in [0.29, 0.717) is 6.42 Å². The minimum atomic E-state index is -3.94. The molecule has 0 N–H and O–H groups in total. The van der Waals surface area contributed by atoms with Crippen molar-refractivity contribution in [3.8, 4) is 0 Å². The van der Waals surface area contributed by atoms with Gasteiger partial charge in [0.05, 0.1) is 6.61 Å². The molecule has 0 amide bonds. The van der Waals surface area contributed by atoms with Crippen LogP contribution in [0.4, 0.5) is 0 Å². The van der Waals surface area contributed by atoms with Crippen molar-refractivity contribution in [2.75, 3.05) is 19.9 Å². The van der Waals surface area contributed by atoms with Gasteiger partial charge in [-0.2, -0.15) is 8.42 Å². The summed E-state index contributed by atoms with van der Waals surface area (Å²) in [6.45, 7) is -3.44. The summed E-state index contributed by atoms with van der Waals surface area (Å²) in [5.74, 6) is 0. The van der Waals surface area contributed by atoms with Gasteiger partial charge in [-0.25, -0.2) is 0 Å². The monoisotopic (exact) mass is 200 g/mol. The highest BCUT2D eigenvalue weighted by Crippen LogP contribution is 2.55. The fourth-order valence-corrected chi connectivity index (χ4v) is 4.70. The Morgan fingerprint density at radius 1 is 1.55 bits per heavy atom. The van der Waals surface area contributed by atoms with E-state index in [9.17, 15) is 13.0 Å². The Morgan fingerprint density at radius 2 is 2.18 bits per heavy atom. The van der Waals surface area contributed by atoms with Gasteiger partial charge in [-0.05, 0) is 6.42 Å². The van der Waals surface area contributed by atoms with E-state index in [1.165, 1.54) is 0 Å². The van der Waals surface area contributed by atoms with Crippen LogP contribution in [0.5, 0.6) is 0 Å². The fourth-order valence-electron chi connectivity index (χ4n) is 0.797. The highest BCUT2D eigenvalue weighted by atomic mass is 32.8. The van der Waals surface area contributed by atoms with Gasteiger partial charge < -0.3 is 4.52 Å². The van der Waals surface area contributed by atoms with Gasteiger partial charge in [0.1, 0.15) is 0 Å². The molecular weight excluding hydrogens is 191 g/mol. The zero-order chi connectivity index (χ0) is 8.54. The smallest absolute Gasteiger partial charge is 0.320 e. The predicted molar refractivity (Wildman–Crippen MR) is 39.0 cm³/mol. The zero-order valence-electron chi connectivity index (χ0n) is 6.02. The lowest BCUT2D eigenvalue weighted by molar-refractivity contribution is 0.302. The molecule has 0 saturated carbocycles. The molecule has 5 nitrogen and oxygen atoms in total. The average Bonchev–Trinajstić information content (AvgIpc) is 1.95. The Bertz CT molecular complexity index is 281. The first-order chi connectivity index (χ1) is 5.02. The molecule has 1 heterocycles. The van der Waals surface area contributed by atoms with E-state index in [-0.39, 0.29) is 12.8 Å². The molecule has 1 atom stereocenters. The maximum atomic E-state index is 11.3. The van der Waals surface area contributed by atoms with E-state index >= 15 is 0 Å². The third-order valence-electron chi connectivity index (χ3n) is 1.43. The quantitative estimate of drug-likeness (QED) is 0.579. The summed E-state index contributed by atoms with van der Waals surface area (Å²) in [5, 5.41) is 0. The van der Waals surface area contributed by atoms with Crippen molar-refractivity contribution in [2.45, 2.75) is 6.42 Å². The Hall–Kier alpha value is 0.100. The third kappa shape index (κ3) is 1.49. The molecule has 0 aromatic rings. The molecule has 0 aliphatic carbocycles. The summed E-state index contributed by atoms with van der Waals surface area (Å²) in [6.07, 6.45) is 0.524. The van der Waals surface area contributed by atoms with E-state index in [1.807, 2.05) is 0 Å². The molecule has 1 fully saturated rings. The predicted octanol–water partition coefficient (Wildman–Crippen LogP) is 0.576. The molecule has 1 rings (SSSR count). The second-order valence-corrected chi connectivity index (χ2v) is 8.26. The van der Waals surface area contributed by atoms with Crippen molar-refractivity contribution in [1.82, 2.24) is 0 Å². The fraction of sp³-hybridized carbons (Fsp3) is 1.00. The number of hydrogen-bond donors (Lipinski definition) is 0. The first-order valence-electron chi connectivity index (χ1n) is 3.06. The largest absolute Gasteiger partial charge is 0.343 e. The van der Waals surface area contributed by atoms with Crippen LogP contribution >= 0.6 is 6.57 Å². The van der Waals surface area contributed by atoms with Crippen LogP contribution in [0.3, 0.4) is 0 Å². The van der Waals surface area contributed by atoms with Gasteiger partial charge in [-0.1, -0.05) is 0 Å². The maximum absolute atomic E-state index is 11.3. The molecule has 11 heavy (non-hydrogen) atoms. The van der Waals surface area contributed by atoms with Gasteiger partial charge in [-0.15, -0.1) is 0 Å². The molecule has 66 valence electrons. The van der Waals surface area contributed by atoms with Gasteiger partial charge in [0.15, 0.2) is 0 Å². The highest BCUT2D eigenvalue weighted by molar-refractivity contribution is 8.48. The maximum Gasteiger partial charge on any atom is 0.343 e. The summed E-state index contributed by atoms with van der Waals surface area (Å²) < 4.78 is 42.0. The summed E-state index contributed by atoms with van der Waals surface area (Å²) in [7, 11) is -2.82. The molecule has 0 bridgehead atoms. The van der Waals surface area contributed by atoms with Crippen LogP contribution in [0, 0.1) is 0 Å². The number of hydrogen-bond acceptors (Lipinski definition) is 5. The van der Waals surface area contributed by atoms with Crippen LogP contribution in [0.15, 0.2) is 0 Å². The topological polar surface area (TPSA) is 69.7 Å². The van der Waals surface area contributed by atoms with Crippen LogP contribution in [-0.2, 0) is 23.0 Å². The van der Waals surface area contributed by atoms with Crippen LogP contribution in [0.2, 0.25) is 0 Å². The Balaban J connectivity index is 3.03. The first-order valence-corrected chi connectivity index (χ1v) is 6.88. The van der Waals surface area contributed by atoms with Gasteiger partial charge in [-0.3, -0.25) is 8.75 Å². The molecule has 1 aliphatic heterocycles. The van der Waals surface area contributed by atoms with Crippen LogP contribution in [0.25, 0.3) is 0 Å². The molecule has 7 heteroatoms. The molecule has 0 spiro atoms. The average molecular weight is 200 g/mol. The highest BCUT2D eigenvalue weighted by Gasteiger charge is 2.42. The zero-order valence-corrected chi connectivity index (χ0v) is 7.73. The van der Waals surface area contributed by atoms with E-state index < -0.39 is 16.3 Å². The van der Waals surface area contributed by atoms with Crippen molar-refractivity contribution in [1.29, 1.82) is 0 Å². The minimum absolute atomic E-state index is 0.0613. The van der Waals surface area contributed by atoms with Crippen molar-refractivity contribution < 1.29 is 21.7 Å². The van der Waals surface area contributed by atoms with Crippen LogP contribution in [-0.4, -0.2) is 28.3 Å². The molecule has 1 unspecified atom stereocenters. The molecule has 0 aromatic heterocycles. The summed E-state index contributed by atoms with van der Waals surface area (Å²) in [6, 6.07) is 0. The minimum Gasteiger partial charge on any atom is -0.320 e. The van der Waals surface area contributed by atoms with Gasteiger partial charge in [0, 0.05) is 13.3 Å². The molecule has 1 aliphatic rings. The molecule has 0 aromatic carbocycles. The van der Waals surface area contributed by atoms with E-state index in [2.05, 4.69) is 8.71 Å². The Morgan fingerprint density at radius 3 is 2.55 bits per heavy atom. The summed E-state index contributed by atoms with van der Waals surface area (Å²) in [4.78, 5) is 0. The molecule has 1 saturated heterocycles. The SMILES string of the molecule is COP1(=O)CCCOS1(=O)=O. The summed E-state index contributed by atoms with van der Waals surface area (Å²) >= 11 is 0.